The molecule has 1 aliphatic rings. The Morgan fingerprint density at radius 3 is 2.38 bits per heavy atom. The van der Waals surface area contributed by atoms with Crippen LogP contribution < -0.4 is 0 Å². The predicted octanol–water partition coefficient (Wildman–Crippen LogP) is 2.01. The molecule has 2 aromatic heterocycles. The smallest absolute Gasteiger partial charge is 0.324 e. The standard InChI is InChI=1S/C17H11N3O4/c1-10-18-8-12-7-6-11(9-19(10)12)17(23)24-20-15(21)13-4-2-3-5-14(13)16(20)22/h2-9H,1H3. The highest BCUT2D eigenvalue weighted by molar-refractivity contribution is 6.21. The summed E-state index contributed by atoms with van der Waals surface area (Å²) in [6.45, 7) is 1.80. The van der Waals surface area contributed by atoms with Crippen molar-refractivity contribution in [1.82, 2.24) is 14.4 Å². The molecule has 2 amide bonds. The van der Waals surface area contributed by atoms with Crippen LogP contribution in [0.4, 0.5) is 0 Å². The molecule has 0 N–H and O–H groups in total. The Morgan fingerprint density at radius 2 is 1.71 bits per heavy atom. The van der Waals surface area contributed by atoms with Gasteiger partial charge < -0.3 is 9.24 Å². The normalized spacial score (nSPS) is 13.5. The summed E-state index contributed by atoms with van der Waals surface area (Å²) in [5, 5.41) is 0.498. The topological polar surface area (TPSA) is 81.0 Å². The van der Waals surface area contributed by atoms with Gasteiger partial charge in [-0.25, -0.2) is 9.78 Å². The van der Waals surface area contributed by atoms with Gasteiger partial charge in [0.25, 0.3) is 11.8 Å². The fraction of sp³-hybridized carbons (Fsp3) is 0.0588. The van der Waals surface area contributed by atoms with E-state index in [2.05, 4.69) is 4.98 Å². The van der Waals surface area contributed by atoms with E-state index in [1.807, 2.05) is 0 Å². The van der Waals surface area contributed by atoms with Crippen LogP contribution in [-0.4, -0.2) is 32.2 Å². The summed E-state index contributed by atoms with van der Waals surface area (Å²) in [4.78, 5) is 45.9. The van der Waals surface area contributed by atoms with Gasteiger partial charge in [0.05, 0.1) is 28.4 Å². The highest BCUT2D eigenvalue weighted by Gasteiger charge is 2.38. The second-order valence-electron chi connectivity index (χ2n) is 5.35. The van der Waals surface area contributed by atoms with Crippen molar-refractivity contribution in [2.45, 2.75) is 6.92 Å². The first kappa shape index (κ1) is 14.1. The summed E-state index contributed by atoms with van der Waals surface area (Å²) in [6, 6.07) is 9.58. The zero-order valence-electron chi connectivity index (χ0n) is 12.6. The van der Waals surface area contributed by atoms with E-state index < -0.39 is 17.8 Å². The summed E-state index contributed by atoms with van der Waals surface area (Å²) >= 11 is 0. The lowest BCUT2D eigenvalue weighted by Gasteiger charge is -2.12. The molecule has 1 aromatic carbocycles. The number of rotatable bonds is 2. The molecule has 0 radical (unpaired) electrons. The van der Waals surface area contributed by atoms with Crippen LogP contribution in [0.2, 0.25) is 0 Å². The molecule has 118 valence electrons. The third-order valence-electron chi connectivity index (χ3n) is 3.88. The van der Waals surface area contributed by atoms with E-state index in [0.717, 1.165) is 5.52 Å². The van der Waals surface area contributed by atoms with Crippen LogP contribution in [0.5, 0.6) is 0 Å². The van der Waals surface area contributed by atoms with E-state index in [4.69, 9.17) is 4.84 Å². The Bertz CT molecular complexity index is 987. The molecule has 0 bridgehead atoms. The number of aryl methyl sites for hydroxylation is 1. The molecule has 7 nitrogen and oxygen atoms in total. The van der Waals surface area contributed by atoms with Crippen molar-refractivity contribution in [3.8, 4) is 0 Å². The molecule has 4 rings (SSSR count). The number of pyridine rings is 1. The minimum absolute atomic E-state index is 0.208. The third kappa shape index (κ3) is 1.98. The predicted molar refractivity (Wildman–Crippen MR) is 82.3 cm³/mol. The molecule has 0 saturated heterocycles. The minimum Gasteiger partial charge on any atom is -0.324 e. The van der Waals surface area contributed by atoms with Crippen LogP contribution in [0.15, 0.2) is 48.8 Å². The Kier molecular flexibility index (Phi) is 2.96. The van der Waals surface area contributed by atoms with E-state index in [0.29, 0.717) is 10.9 Å². The lowest BCUT2D eigenvalue weighted by molar-refractivity contribution is -0.0584. The zero-order chi connectivity index (χ0) is 16.8. The fourth-order valence-corrected chi connectivity index (χ4v) is 2.63. The molecular weight excluding hydrogens is 310 g/mol. The van der Waals surface area contributed by atoms with E-state index in [-0.39, 0.29) is 16.7 Å². The van der Waals surface area contributed by atoms with Gasteiger partial charge in [-0.1, -0.05) is 17.2 Å². The second-order valence-corrected chi connectivity index (χ2v) is 5.35. The van der Waals surface area contributed by atoms with Crippen molar-refractivity contribution in [2.75, 3.05) is 0 Å². The first-order chi connectivity index (χ1) is 11.6. The van der Waals surface area contributed by atoms with Crippen LogP contribution in [0.25, 0.3) is 5.52 Å². The van der Waals surface area contributed by atoms with Gasteiger partial charge in [0.2, 0.25) is 0 Å². The highest BCUT2D eigenvalue weighted by Crippen LogP contribution is 2.23. The first-order valence-corrected chi connectivity index (χ1v) is 7.20. The molecule has 3 heterocycles. The Morgan fingerprint density at radius 1 is 1.04 bits per heavy atom. The van der Waals surface area contributed by atoms with Gasteiger partial charge in [0.1, 0.15) is 5.82 Å². The monoisotopic (exact) mass is 321 g/mol. The van der Waals surface area contributed by atoms with Crippen molar-refractivity contribution in [2.24, 2.45) is 0 Å². The maximum atomic E-state index is 12.3. The van der Waals surface area contributed by atoms with Crippen LogP contribution in [0, 0.1) is 6.92 Å². The van der Waals surface area contributed by atoms with Gasteiger partial charge in [-0.15, -0.1) is 0 Å². The van der Waals surface area contributed by atoms with Crippen molar-refractivity contribution < 1.29 is 19.2 Å². The molecule has 0 aliphatic carbocycles. The first-order valence-electron chi connectivity index (χ1n) is 7.20. The van der Waals surface area contributed by atoms with E-state index in [9.17, 15) is 14.4 Å². The lowest BCUT2D eigenvalue weighted by atomic mass is 10.1. The van der Waals surface area contributed by atoms with Crippen LogP contribution in [0.3, 0.4) is 0 Å². The third-order valence-corrected chi connectivity index (χ3v) is 3.88. The summed E-state index contributed by atoms with van der Waals surface area (Å²) in [7, 11) is 0. The highest BCUT2D eigenvalue weighted by atomic mass is 16.7. The second kappa shape index (κ2) is 5.02. The molecule has 7 heteroatoms. The average molecular weight is 321 g/mol. The molecule has 1 aliphatic heterocycles. The average Bonchev–Trinajstić information content (AvgIpc) is 3.08. The maximum absolute atomic E-state index is 12.3. The number of hydrogen-bond acceptors (Lipinski definition) is 5. The van der Waals surface area contributed by atoms with Crippen molar-refractivity contribution in [3.05, 3.63) is 71.3 Å². The van der Waals surface area contributed by atoms with E-state index >= 15 is 0 Å². The Labute approximate surface area is 136 Å². The maximum Gasteiger partial charge on any atom is 0.365 e. The van der Waals surface area contributed by atoms with Gasteiger partial charge >= 0.3 is 5.97 Å². The molecule has 0 unspecified atom stereocenters. The number of aromatic nitrogens is 2. The number of carbonyl (C=O) groups is 3. The van der Waals surface area contributed by atoms with Gasteiger partial charge in [-0.05, 0) is 31.2 Å². The fourth-order valence-electron chi connectivity index (χ4n) is 2.63. The molecule has 3 aromatic rings. The van der Waals surface area contributed by atoms with Gasteiger partial charge in [0.15, 0.2) is 0 Å². The number of imidazole rings is 1. The van der Waals surface area contributed by atoms with Crippen molar-refractivity contribution in [3.63, 3.8) is 0 Å². The molecule has 0 fully saturated rings. The zero-order valence-corrected chi connectivity index (χ0v) is 12.6. The quantitative estimate of drug-likeness (QED) is 0.674. The van der Waals surface area contributed by atoms with Crippen molar-refractivity contribution >= 4 is 23.3 Å². The van der Waals surface area contributed by atoms with Gasteiger partial charge in [-0.3, -0.25) is 9.59 Å². The van der Waals surface area contributed by atoms with Crippen LogP contribution in [-0.2, 0) is 4.84 Å². The number of nitrogens with zero attached hydrogens (tertiary/aromatic N) is 3. The summed E-state index contributed by atoms with van der Waals surface area (Å²) in [5.74, 6) is -1.38. The molecule has 0 spiro atoms. The number of hydrogen-bond donors (Lipinski definition) is 0. The molecular formula is C17H11N3O4. The van der Waals surface area contributed by atoms with E-state index in [1.165, 1.54) is 12.1 Å². The molecule has 0 saturated carbocycles. The number of carbonyl (C=O) groups excluding carboxylic acids is 3. The number of hydroxylamine groups is 2. The number of benzene rings is 1. The van der Waals surface area contributed by atoms with Gasteiger partial charge in [-0.2, -0.15) is 0 Å². The van der Waals surface area contributed by atoms with Gasteiger partial charge in [0, 0.05) is 6.20 Å². The largest absolute Gasteiger partial charge is 0.365 e. The summed E-state index contributed by atoms with van der Waals surface area (Å²) in [5.41, 5.74) is 1.47. The number of imide groups is 1. The van der Waals surface area contributed by atoms with Crippen LogP contribution >= 0.6 is 0 Å². The SMILES string of the molecule is Cc1ncc2ccc(C(=O)ON3C(=O)c4ccccc4C3=O)cn12. The minimum atomic E-state index is -0.792. The molecule has 24 heavy (non-hydrogen) atoms. The Hall–Kier alpha value is -3.48. The van der Waals surface area contributed by atoms with E-state index in [1.54, 1.807) is 48.0 Å². The van der Waals surface area contributed by atoms with Crippen molar-refractivity contribution in [1.29, 1.82) is 0 Å². The Balaban J connectivity index is 1.63. The summed E-state index contributed by atoms with van der Waals surface area (Å²) < 4.78 is 1.72. The molecule has 0 atom stereocenters. The number of fused-ring (bicyclic) bond motifs is 2. The summed E-state index contributed by atoms with van der Waals surface area (Å²) in [6.07, 6.45) is 3.23. The van der Waals surface area contributed by atoms with Crippen LogP contribution in [0.1, 0.15) is 36.9 Å². The lowest BCUT2D eigenvalue weighted by Crippen LogP contribution is -2.32. The number of amides is 2.